The molecule has 0 radical (unpaired) electrons. The van der Waals surface area contributed by atoms with Gasteiger partial charge >= 0.3 is 0 Å². The summed E-state index contributed by atoms with van der Waals surface area (Å²) in [6.45, 7) is 5.81. The Morgan fingerprint density at radius 1 is 1.16 bits per heavy atom. The third-order valence-corrected chi connectivity index (χ3v) is 4.38. The Hall–Kier alpha value is -2.34. The van der Waals surface area contributed by atoms with Crippen LogP contribution in [0.4, 0.5) is 0 Å². The van der Waals surface area contributed by atoms with E-state index in [0.717, 1.165) is 23.6 Å². The smallest absolute Gasteiger partial charge is 0.226 e. The molecule has 0 atom stereocenters. The summed E-state index contributed by atoms with van der Waals surface area (Å²) < 4.78 is 7.68. The highest BCUT2D eigenvalue weighted by Crippen LogP contribution is 2.25. The van der Waals surface area contributed by atoms with Crippen LogP contribution in [0.5, 0.6) is 11.6 Å². The number of hydrogen-bond donors (Lipinski definition) is 0. The molecule has 0 bridgehead atoms. The average molecular weight is 342 g/mol. The van der Waals surface area contributed by atoms with Crippen molar-refractivity contribution >= 4 is 6.21 Å². The van der Waals surface area contributed by atoms with Crippen molar-refractivity contribution in [2.45, 2.75) is 26.2 Å². The highest BCUT2D eigenvalue weighted by atomic mass is 16.6. The largest absolute Gasteiger partial charge is 0.439 e. The van der Waals surface area contributed by atoms with Crippen molar-refractivity contribution in [1.82, 2.24) is 14.7 Å². The lowest BCUT2D eigenvalue weighted by Gasteiger charge is -2.25. The number of para-hydroxylation sites is 1. The fraction of sp³-hybridized carbons (Fsp3) is 0.474. The molecule has 2 heterocycles. The number of aromatic nitrogens is 2. The van der Waals surface area contributed by atoms with Crippen LogP contribution in [0.1, 0.15) is 30.5 Å². The number of rotatable bonds is 7. The van der Waals surface area contributed by atoms with Crippen LogP contribution in [0.2, 0.25) is 0 Å². The highest BCUT2D eigenvalue weighted by molar-refractivity contribution is 5.84. The van der Waals surface area contributed by atoms with E-state index >= 15 is 0 Å². The van der Waals surface area contributed by atoms with E-state index in [1.54, 1.807) is 10.9 Å². The standard InChI is InChI=1S/C19H26N4O2/c1-16-18(15-20-24-14-13-23-11-7-4-8-12-23)19(22(2)21-16)25-17-9-5-3-6-10-17/h3,5-6,9-10,15H,4,7-8,11-14H2,1-2H3/b20-15+. The third-order valence-electron chi connectivity index (χ3n) is 4.38. The summed E-state index contributed by atoms with van der Waals surface area (Å²) in [6, 6.07) is 9.67. The fourth-order valence-electron chi connectivity index (χ4n) is 3.02. The molecule has 0 aliphatic carbocycles. The predicted molar refractivity (Wildman–Crippen MR) is 98.3 cm³/mol. The van der Waals surface area contributed by atoms with E-state index in [0.29, 0.717) is 12.5 Å². The van der Waals surface area contributed by atoms with Gasteiger partial charge < -0.3 is 9.57 Å². The maximum absolute atomic E-state index is 5.96. The van der Waals surface area contributed by atoms with Crippen molar-refractivity contribution in [2.75, 3.05) is 26.2 Å². The van der Waals surface area contributed by atoms with E-state index in [-0.39, 0.29) is 0 Å². The summed E-state index contributed by atoms with van der Waals surface area (Å²) in [6.07, 6.45) is 5.62. The van der Waals surface area contributed by atoms with E-state index in [4.69, 9.17) is 9.57 Å². The molecule has 0 saturated carbocycles. The Balaban J connectivity index is 1.57. The zero-order chi connectivity index (χ0) is 17.5. The number of aryl methyl sites for hydroxylation is 2. The van der Waals surface area contributed by atoms with Gasteiger partial charge in [-0.3, -0.25) is 4.90 Å². The summed E-state index contributed by atoms with van der Waals surface area (Å²) in [5.41, 5.74) is 1.70. The minimum atomic E-state index is 0.602. The Labute approximate surface area is 149 Å². The van der Waals surface area contributed by atoms with E-state index in [1.165, 1.54) is 32.4 Å². The molecule has 1 aliphatic heterocycles. The average Bonchev–Trinajstić information content (AvgIpc) is 2.90. The Bertz CT molecular complexity index is 691. The van der Waals surface area contributed by atoms with E-state index in [9.17, 15) is 0 Å². The van der Waals surface area contributed by atoms with Crippen molar-refractivity contribution in [3.63, 3.8) is 0 Å². The molecule has 6 nitrogen and oxygen atoms in total. The second kappa shape index (κ2) is 8.67. The van der Waals surface area contributed by atoms with Gasteiger partial charge in [-0.1, -0.05) is 29.8 Å². The minimum Gasteiger partial charge on any atom is -0.439 e. The molecule has 3 rings (SSSR count). The van der Waals surface area contributed by atoms with Crippen LogP contribution in [-0.2, 0) is 11.9 Å². The van der Waals surface area contributed by atoms with Gasteiger partial charge in [0, 0.05) is 13.6 Å². The first-order chi connectivity index (χ1) is 12.2. The quantitative estimate of drug-likeness (QED) is 0.440. The van der Waals surface area contributed by atoms with Crippen molar-refractivity contribution in [2.24, 2.45) is 12.2 Å². The number of nitrogens with zero attached hydrogens (tertiary/aromatic N) is 4. The molecule has 1 saturated heterocycles. The SMILES string of the molecule is Cc1nn(C)c(Oc2ccccc2)c1/C=N/OCCN1CCCCC1. The van der Waals surface area contributed by atoms with Crippen molar-refractivity contribution < 1.29 is 9.57 Å². The van der Waals surface area contributed by atoms with Crippen LogP contribution >= 0.6 is 0 Å². The van der Waals surface area contributed by atoms with Gasteiger partial charge in [0.25, 0.3) is 0 Å². The first kappa shape index (κ1) is 17.5. The van der Waals surface area contributed by atoms with E-state index in [2.05, 4.69) is 15.2 Å². The van der Waals surface area contributed by atoms with Gasteiger partial charge in [0.05, 0.1) is 17.5 Å². The monoisotopic (exact) mass is 342 g/mol. The number of benzene rings is 1. The van der Waals surface area contributed by atoms with Crippen LogP contribution in [0, 0.1) is 6.92 Å². The molecule has 0 unspecified atom stereocenters. The molecule has 6 heteroatoms. The van der Waals surface area contributed by atoms with Gasteiger partial charge in [0.15, 0.2) is 0 Å². The second-order valence-electron chi connectivity index (χ2n) is 6.31. The molecular formula is C19H26N4O2. The topological polar surface area (TPSA) is 51.9 Å². The van der Waals surface area contributed by atoms with Gasteiger partial charge in [-0.05, 0) is 45.0 Å². The number of oxime groups is 1. The maximum Gasteiger partial charge on any atom is 0.226 e. The summed E-state index contributed by atoms with van der Waals surface area (Å²) in [7, 11) is 1.86. The molecule has 1 aliphatic rings. The molecule has 1 aromatic carbocycles. The zero-order valence-electron chi connectivity index (χ0n) is 15.0. The molecule has 134 valence electrons. The Morgan fingerprint density at radius 3 is 2.68 bits per heavy atom. The predicted octanol–water partition coefficient (Wildman–Crippen LogP) is 3.36. The second-order valence-corrected chi connectivity index (χ2v) is 6.31. The highest BCUT2D eigenvalue weighted by Gasteiger charge is 2.14. The molecular weight excluding hydrogens is 316 g/mol. The van der Waals surface area contributed by atoms with Crippen LogP contribution in [-0.4, -0.2) is 47.1 Å². The van der Waals surface area contributed by atoms with Crippen LogP contribution in [0.25, 0.3) is 0 Å². The van der Waals surface area contributed by atoms with E-state index in [1.807, 2.05) is 44.3 Å². The number of ether oxygens (including phenoxy) is 1. The van der Waals surface area contributed by atoms with Crippen molar-refractivity contribution in [3.8, 4) is 11.6 Å². The molecule has 1 aromatic heterocycles. The first-order valence-corrected chi connectivity index (χ1v) is 8.88. The lowest BCUT2D eigenvalue weighted by atomic mass is 10.1. The van der Waals surface area contributed by atoms with Gasteiger partial charge in [0.2, 0.25) is 5.88 Å². The van der Waals surface area contributed by atoms with Crippen LogP contribution in [0.3, 0.4) is 0 Å². The van der Waals surface area contributed by atoms with Crippen molar-refractivity contribution in [3.05, 3.63) is 41.6 Å². The molecule has 0 amide bonds. The normalized spacial score (nSPS) is 15.6. The zero-order valence-corrected chi connectivity index (χ0v) is 15.0. The molecule has 2 aromatic rings. The lowest BCUT2D eigenvalue weighted by Crippen LogP contribution is -2.32. The lowest BCUT2D eigenvalue weighted by molar-refractivity contribution is 0.103. The van der Waals surface area contributed by atoms with Crippen molar-refractivity contribution in [1.29, 1.82) is 0 Å². The summed E-state index contributed by atoms with van der Waals surface area (Å²) in [5, 5.41) is 8.53. The van der Waals surface area contributed by atoms with Gasteiger partial charge in [-0.15, -0.1) is 0 Å². The van der Waals surface area contributed by atoms with E-state index < -0.39 is 0 Å². The summed E-state index contributed by atoms with van der Waals surface area (Å²) >= 11 is 0. The molecule has 1 fully saturated rings. The molecule has 0 spiro atoms. The van der Waals surface area contributed by atoms with Gasteiger partial charge in [0.1, 0.15) is 12.4 Å². The maximum atomic E-state index is 5.96. The fourth-order valence-corrected chi connectivity index (χ4v) is 3.02. The van der Waals surface area contributed by atoms with Gasteiger partial charge in [-0.25, -0.2) is 4.68 Å². The van der Waals surface area contributed by atoms with Gasteiger partial charge in [-0.2, -0.15) is 5.10 Å². The number of hydrogen-bond acceptors (Lipinski definition) is 5. The first-order valence-electron chi connectivity index (χ1n) is 8.88. The van der Waals surface area contributed by atoms with Crippen LogP contribution < -0.4 is 4.74 Å². The van der Waals surface area contributed by atoms with Crippen LogP contribution in [0.15, 0.2) is 35.5 Å². The molecule has 0 N–H and O–H groups in total. The Morgan fingerprint density at radius 2 is 1.92 bits per heavy atom. The summed E-state index contributed by atoms with van der Waals surface area (Å²) in [4.78, 5) is 7.87. The minimum absolute atomic E-state index is 0.602. The Kier molecular flexibility index (Phi) is 6.06. The summed E-state index contributed by atoms with van der Waals surface area (Å²) in [5.74, 6) is 1.43. The third kappa shape index (κ3) is 4.82. The number of likely N-dealkylation sites (tertiary alicyclic amines) is 1. The molecule has 25 heavy (non-hydrogen) atoms. The number of piperidine rings is 1.